The lowest BCUT2D eigenvalue weighted by atomic mass is 10.1. The monoisotopic (exact) mass is 288 g/mol. The Labute approximate surface area is 109 Å². The van der Waals surface area contributed by atoms with Gasteiger partial charge in [-0.05, 0) is 42.5 Å². The lowest BCUT2D eigenvalue weighted by molar-refractivity contribution is 0.885. The van der Waals surface area contributed by atoms with Crippen LogP contribution in [0.15, 0.2) is 34.9 Å². The largest absolute Gasteiger partial charge is 0.241 e. The fourth-order valence-corrected chi connectivity index (χ4v) is 2.49. The minimum absolute atomic E-state index is 0.820. The molecule has 2 nitrogen and oxygen atoms in total. The summed E-state index contributed by atoms with van der Waals surface area (Å²) in [6.07, 6.45) is 6.31. The third kappa shape index (κ3) is 2.39. The van der Waals surface area contributed by atoms with Gasteiger partial charge in [0.05, 0.1) is 0 Å². The standard InChI is InChI=1S/C14H13BrN2/c15-12-6-4-10(5-7-12)8-14-16-9-11-2-1-3-13(11)17-14/h4-7,9H,1-3,8H2. The molecule has 0 amide bonds. The molecule has 0 aliphatic heterocycles. The van der Waals surface area contributed by atoms with Gasteiger partial charge in [-0.1, -0.05) is 28.1 Å². The second-order valence-corrected chi connectivity index (χ2v) is 5.33. The Morgan fingerprint density at radius 2 is 1.94 bits per heavy atom. The van der Waals surface area contributed by atoms with Gasteiger partial charge in [-0.15, -0.1) is 0 Å². The Kier molecular flexibility index (Phi) is 2.93. The van der Waals surface area contributed by atoms with Crippen molar-refractivity contribution in [3.63, 3.8) is 0 Å². The van der Waals surface area contributed by atoms with Gasteiger partial charge in [-0.3, -0.25) is 0 Å². The lowest BCUT2D eigenvalue weighted by Gasteiger charge is -2.03. The van der Waals surface area contributed by atoms with Crippen LogP contribution >= 0.6 is 15.9 Å². The van der Waals surface area contributed by atoms with Gasteiger partial charge in [0.15, 0.2) is 0 Å². The van der Waals surface area contributed by atoms with E-state index in [1.165, 1.54) is 23.2 Å². The molecule has 1 aromatic carbocycles. The highest BCUT2D eigenvalue weighted by atomic mass is 79.9. The van der Waals surface area contributed by atoms with Crippen molar-refractivity contribution in [1.29, 1.82) is 0 Å². The SMILES string of the molecule is Brc1ccc(Cc2ncc3c(n2)CCC3)cc1. The number of benzene rings is 1. The Morgan fingerprint density at radius 3 is 2.76 bits per heavy atom. The van der Waals surface area contributed by atoms with Crippen molar-refractivity contribution in [3.05, 3.63) is 57.6 Å². The van der Waals surface area contributed by atoms with E-state index >= 15 is 0 Å². The average Bonchev–Trinajstić information content (AvgIpc) is 2.79. The van der Waals surface area contributed by atoms with E-state index in [1.807, 2.05) is 6.20 Å². The maximum Gasteiger partial charge on any atom is 0.132 e. The van der Waals surface area contributed by atoms with Crippen molar-refractivity contribution in [3.8, 4) is 0 Å². The van der Waals surface area contributed by atoms with E-state index in [0.717, 1.165) is 29.6 Å². The highest BCUT2D eigenvalue weighted by Crippen LogP contribution is 2.19. The average molecular weight is 289 g/mol. The summed E-state index contributed by atoms with van der Waals surface area (Å²) in [5, 5.41) is 0. The van der Waals surface area contributed by atoms with Crippen molar-refractivity contribution in [2.45, 2.75) is 25.7 Å². The molecule has 1 heterocycles. The molecule has 2 aromatic rings. The molecule has 1 aromatic heterocycles. The van der Waals surface area contributed by atoms with Crippen LogP contribution in [0.4, 0.5) is 0 Å². The second kappa shape index (κ2) is 4.57. The molecule has 86 valence electrons. The summed E-state index contributed by atoms with van der Waals surface area (Å²) < 4.78 is 1.11. The van der Waals surface area contributed by atoms with Gasteiger partial charge in [0.25, 0.3) is 0 Å². The van der Waals surface area contributed by atoms with Crippen LogP contribution in [0.5, 0.6) is 0 Å². The third-order valence-electron chi connectivity index (χ3n) is 3.14. The summed E-state index contributed by atoms with van der Waals surface area (Å²) in [5.74, 6) is 0.938. The molecule has 0 spiro atoms. The molecule has 1 aliphatic rings. The van der Waals surface area contributed by atoms with Crippen LogP contribution in [0.1, 0.15) is 29.1 Å². The maximum absolute atomic E-state index is 4.65. The van der Waals surface area contributed by atoms with Crippen molar-refractivity contribution < 1.29 is 0 Å². The zero-order valence-electron chi connectivity index (χ0n) is 9.49. The first-order valence-corrected chi connectivity index (χ1v) is 6.69. The van der Waals surface area contributed by atoms with E-state index in [9.17, 15) is 0 Å². The van der Waals surface area contributed by atoms with Crippen molar-refractivity contribution in [2.75, 3.05) is 0 Å². The Morgan fingerprint density at radius 1 is 1.12 bits per heavy atom. The molecule has 0 atom stereocenters. The van der Waals surface area contributed by atoms with E-state index in [-0.39, 0.29) is 0 Å². The number of nitrogens with zero attached hydrogens (tertiary/aromatic N) is 2. The molecule has 0 radical (unpaired) electrons. The lowest BCUT2D eigenvalue weighted by Crippen LogP contribution is -2.00. The van der Waals surface area contributed by atoms with E-state index in [0.29, 0.717) is 0 Å². The van der Waals surface area contributed by atoms with Crippen LogP contribution in [0.25, 0.3) is 0 Å². The first kappa shape index (κ1) is 10.9. The molecule has 0 fully saturated rings. The van der Waals surface area contributed by atoms with Crippen LogP contribution in [0.3, 0.4) is 0 Å². The zero-order valence-corrected chi connectivity index (χ0v) is 11.1. The molecular formula is C14H13BrN2. The van der Waals surface area contributed by atoms with Gasteiger partial charge in [0.1, 0.15) is 5.82 Å². The van der Waals surface area contributed by atoms with Crippen LogP contribution < -0.4 is 0 Å². The molecule has 0 bridgehead atoms. The summed E-state index contributed by atoms with van der Waals surface area (Å²) in [6.45, 7) is 0. The fourth-order valence-electron chi connectivity index (χ4n) is 2.22. The highest BCUT2D eigenvalue weighted by Gasteiger charge is 2.13. The molecule has 3 rings (SSSR count). The molecule has 1 aliphatic carbocycles. The molecule has 0 saturated carbocycles. The predicted octanol–water partition coefficient (Wildman–Crippen LogP) is 3.32. The van der Waals surface area contributed by atoms with Gasteiger partial charge in [-0.25, -0.2) is 9.97 Å². The summed E-state index contributed by atoms with van der Waals surface area (Å²) >= 11 is 3.44. The Hall–Kier alpha value is -1.22. The van der Waals surface area contributed by atoms with E-state index in [2.05, 4.69) is 50.2 Å². The predicted molar refractivity (Wildman–Crippen MR) is 71.0 cm³/mol. The Bertz CT molecular complexity index is 534. The normalized spacial score (nSPS) is 13.7. The smallest absolute Gasteiger partial charge is 0.132 e. The number of fused-ring (bicyclic) bond motifs is 1. The van der Waals surface area contributed by atoms with Gasteiger partial charge >= 0.3 is 0 Å². The van der Waals surface area contributed by atoms with Gasteiger partial charge in [-0.2, -0.15) is 0 Å². The minimum Gasteiger partial charge on any atom is -0.241 e. The number of hydrogen-bond acceptors (Lipinski definition) is 2. The van der Waals surface area contributed by atoms with Crippen molar-refractivity contribution in [2.24, 2.45) is 0 Å². The Balaban J connectivity index is 1.83. The second-order valence-electron chi connectivity index (χ2n) is 4.41. The van der Waals surface area contributed by atoms with E-state index in [4.69, 9.17) is 0 Å². The van der Waals surface area contributed by atoms with Crippen molar-refractivity contribution >= 4 is 15.9 Å². The number of halogens is 1. The first-order chi connectivity index (χ1) is 8.31. The van der Waals surface area contributed by atoms with Crippen LogP contribution in [-0.4, -0.2) is 9.97 Å². The minimum atomic E-state index is 0.820. The summed E-state index contributed by atoms with van der Waals surface area (Å²) in [4.78, 5) is 9.09. The number of rotatable bonds is 2. The molecule has 0 N–H and O–H groups in total. The molecule has 3 heteroatoms. The molecule has 17 heavy (non-hydrogen) atoms. The van der Waals surface area contributed by atoms with Gasteiger partial charge in [0, 0.05) is 22.8 Å². The third-order valence-corrected chi connectivity index (χ3v) is 3.67. The first-order valence-electron chi connectivity index (χ1n) is 5.89. The number of aryl methyl sites for hydroxylation is 2. The van der Waals surface area contributed by atoms with Gasteiger partial charge in [0.2, 0.25) is 0 Å². The maximum atomic E-state index is 4.65. The van der Waals surface area contributed by atoms with Crippen molar-refractivity contribution in [1.82, 2.24) is 9.97 Å². The number of aromatic nitrogens is 2. The van der Waals surface area contributed by atoms with Gasteiger partial charge < -0.3 is 0 Å². The number of hydrogen-bond donors (Lipinski definition) is 0. The molecular weight excluding hydrogens is 276 g/mol. The van der Waals surface area contributed by atoms with E-state index < -0.39 is 0 Å². The summed E-state index contributed by atoms with van der Waals surface area (Å²) in [5.41, 5.74) is 3.85. The van der Waals surface area contributed by atoms with Crippen LogP contribution in [-0.2, 0) is 19.3 Å². The fraction of sp³-hybridized carbons (Fsp3) is 0.286. The van der Waals surface area contributed by atoms with Crippen LogP contribution in [0, 0.1) is 0 Å². The van der Waals surface area contributed by atoms with E-state index in [1.54, 1.807) is 0 Å². The topological polar surface area (TPSA) is 25.8 Å². The zero-order chi connectivity index (χ0) is 11.7. The highest BCUT2D eigenvalue weighted by molar-refractivity contribution is 9.10. The quantitative estimate of drug-likeness (QED) is 0.847. The molecule has 0 unspecified atom stereocenters. The summed E-state index contributed by atoms with van der Waals surface area (Å²) in [6, 6.07) is 8.34. The van der Waals surface area contributed by atoms with Crippen LogP contribution in [0.2, 0.25) is 0 Å². The summed E-state index contributed by atoms with van der Waals surface area (Å²) in [7, 11) is 0. The molecule has 0 saturated heterocycles.